The number of methoxy groups -OCH3 is 1. The first kappa shape index (κ1) is 22.5. The number of ether oxygens (including phenoxy) is 2. The van der Waals surface area contributed by atoms with Crippen molar-refractivity contribution in [1.82, 2.24) is 10.3 Å². The van der Waals surface area contributed by atoms with Gasteiger partial charge in [-0.3, -0.25) is 9.59 Å². The normalized spacial score (nSPS) is 11.4. The smallest absolute Gasteiger partial charge is 0.337 e. The number of nitrogens with one attached hydrogen (secondary N) is 3. The maximum absolute atomic E-state index is 12.6. The van der Waals surface area contributed by atoms with Crippen LogP contribution in [0.25, 0.3) is 10.9 Å². The summed E-state index contributed by atoms with van der Waals surface area (Å²) in [6.45, 7) is 0.752. The van der Waals surface area contributed by atoms with Gasteiger partial charge in [-0.2, -0.15) is 0 Å². The van der Waals surface area contributed by atoms with Crippen molar-refractivity contribution >= 4 is 40.3 Å². The molecule has 0 unspecified atom stereocenters. The first-order valence-electron chi connectivity index (χ1n) is 9.84. The molecule has 0 aliphatic rings. The number of hydrogen-bond donors (Lipinski definition) is 3. The van der Waals surface area contributed by atoms with E-state index in [0.717, 1.165) is 16.5 Å². The van der Waals surface area contributed by atoms with Crippen LogP contribution in [-0.2, 0) is 30.3 Å². The zero-order chi connectivity index (χ0) is 23.1. The Balaban J connectivity index is 1.62. The predicted octanol–water partition coefficient (Wildman–Crippen LogP) is 2.18. The maximum atomic E-state index is 12.6. The van der Waals surface area contributed by atoms with Crippen LogP contribution in [0, 0.1) is 0 Å². The van der Waals surface area contributed by atoms with E-state index in [2.05, 4.69) is 20.4 Å². The van der Waals surface area contributed by atoms with Gasteiger partial charge in [-0.1, -0.05) is 24.3 Å². The number of anilines is 1. The van der Waals surface area contributed by atoms with Gasteiger partial charge in [0.25, 0.3) is 5.91 Å². The highest BCUT2D eigenvalue weighted by molar-refractivity contribution is 5.96. The summed E-state index contributed by atoms with van der Waals surface area (Å²) in [6.07, 6.45) is 1.97. The van der Waals surface area contributed by atoms with Gasteiger partial charge in [-0.25, -0.2) is 9.59 Å². The minimum Gasteiger partial charge on any atom is -0.465 e. The van der Waals surface area contributed by atoms with Crippen molar-refractivity contribution in [2.75, 3.05) is 19.0 Å². The predicted molar refractivity (Wildman–Crippen MR) is 117 cm³/mol. The number of benzene rings is 2. The minimum atomic E-state index is -0.956. The van der Waals surface area contributed by atoms with E-state index in [1.54, 1.807) is 24.4 Å². The molecule has 32 heavy (non-hydrogen) atoms. The van der Waals surface area contributed by atoms with Crippen molar-refractivity contribution in [2.45, 2.75) is 19.4 Å². The molecule has 0 saturated carbocycles. The summed E-state index contributed by atoms with van der Waals surface area (Å²) in [4.78, 5) is 51.1. The second-order valence-electron chi connectivity index (χ2n) is 7.05. The van der Waals surface area contributed by atoms with Gasteiger partial charge in [0.05, 0.1) is 12.7 Å². The van der Waals surface area contributed by atoms with E-state index in [1.165, 1.54) is 20.1 Å². The Labute approximate surface area is 184 Å². The average Bonchev–Trinajstić information content (AvgIpc) is 3.19. The molecule has 3 rings (SSSR count). The van der Waals surface area contributed by atoms with Crippen molar-refractivity contribution < 1.29 is 28.7 Å². The number of amides is 2. The van der Waals surface area contributed by atoms with E-state index in [0.29, 0.717) is 5.69 Å². The summed E-state index contributed by atoms with van der Waals surface area (Å²) in [5.74, 6) is -2.25. The number of fused-ring (bicyclic) bond motifs is 1. The van der Waals surface area contributed by atoms with Crippen molar-refractivity contribution in [3.05, 3.63) is 65.9 Å². The molecule has 9 nitrogen and oxygen atoms in total. The lowest BCUT2D eigenvalue weighted by atomic mass is 10.0. The zero-order valence-corrected chi connectivity index (χ0v) is 17.6. The molecule has 0 aliphatic heterocycles. The highest BCUT2D eigenvalue weighted by atomic mass is 16.5. The molecule has 1 heterocycles. The fourth-order valence-electron chi connectivity index (χ4n) is 3.24. The lowest BCUT2D eigenvalue weighted by Gasteiger charge is -2.16. The fraction of sp³-hybridized carbons (Fsp3) is 0.217. The van der Waals surface area contributed by atoms with Crippen LogP contribution in [0.1, 0.15) is 22.8 Å². The third-order valence-corrected chi connectivity index (χ3v) is 4.67. The molecule has 2 amide bonds. The Bertz CT molecular complexity index is 1150. The van der Waals surface area contributed by atoms with Gasteiger partial charge in [0.2, 0.25) is 5.91 Å². The third-order valence-electron chi connectivity index (χ3n) is 4.67. The van der Waals surface area contributed by atoms with E-state index in [-0.39, 0.29) is 12.0 Å². The molecule has 2 aromatic carbocycles. The topological polar surface area (TPSA) is 127 Å². The maximum Gasteiger partial charge on any atom is 0.337 e. The second-order valence-corrected chi connectivity index (χ2v) is 7.05. The standard InChI is InChI=1S/C23H23N3O6/c1-14(27)25-20(11-16-12-24-19-9-4-3-8-18(16)19)23(30)32-13-21(28)26-17-7-5-6-15(10-17)22(29)31-2/h3-10,12,20,24H,11,13H2,1-2H3,(H,25,27)(H,26,28)/t20-/m0/s1. The molecule has 0 radical (unpaired) electrons. The first-order valence-corrected chi connectivity index (χ1v) is 9.84. The molecule has 3 aromatic rings. The number of aromatic amines is 1. The molecule has 0 fully saturated rings. The molecule has 166 valence electrons. The lowest BCUT2D eigenvalue weighted by Crippen LogP contribution is -2.43. The van der Waals surface area contributed by atoms with E-state index in [9.17, 15) is 19.2 Å². The number of para-hydroxylation sites is 1. The molecule has 0 bridgehead atoms. The summed E-state index contributed by atoms with van der Waals surface area (Å²) in [7, 11) is 1.26. The van der Waals surface area contributed by atoms with Gasteiger partial charge in [0.15, 0.2) is 6.61 Å². The SMILES string of the molecule is COC(=O)c1cccc(NC(=O)COC(=O)[C@H](Cc2c[nH]c3ccccc23)NC(C)=O)c1. The molecule has 9 heteroatoms. The lowest BCUT2D eigenvalue weighted by molar-refractivity contribution is -0.150. The Kier molecular flexibility index (Phi) is 7.22. The van der Waals surface area contributed by atoms with Gasteiger partial charge in [0.1, 0.15) is 6.04 Å². The highest BCUT2D eigenvalue weighted by Crippen LogP contribution is 2.19. The molecule has 0 saturated heterocycles. The first-order chi connectivity index (χ1) is 15.4. The summed E-state index contributed by atoms with van der Waals surface area (Å²) < 4.78 is 9.78. The van der Waals surface area contributed by atoms with Gasteiger partial charge in [-0.15, -0.1) is 0 Å². The average molecular weight is 437 g/mol. The molecule has 3 N–H and O–H groups in total. The molecule has 1 aromatic heterocycles. The molecular formula is C23H23N3O6. The summed E-state index contributed by atoms with van der Waals surface area (Å²) >= 11 is 0. The number of aromatic nitrogens is 1. The second kappa shape index (κ2) is 10.3. The Hall–Kier alpha value is -4.14. The van der Waals surface area contributed by atoms with Crippen molar-refractivity contribution in [3.8, 4) is 0 Å². The van der Waals surface area contributed by atoms with E-state index < -0.39 is 36.4 Å². The van der Waals surface area contributed by atoms with Crippen LogP contribution in [0.15, 0.2) is 54.7 Å². The van der Waals surface area contributed by atoms with E-state index >= 15 is 0 Å². The number of H-pyrrole nitrogens is 1. The number of rotatable bonds is 8. The summed E-state index contributed by atoms with van der Waals surface area (Å²) in [6, 6.07) is 12.8. The quantitative estimate of drug-likeness (QED) is 0.464. The summed E-state index contributed by atoms with van der Waals surface area (Å²) in [5, 5.41) is 6.05. The Morgan fingerprint density at radius 3 is 2.59 bits per heavy atom. The monoisotopic (exact) mass is 437 g/mol. The van der Waals surface area contributed by atoms with Gasteiger partial charge in [-0.05, 0) is 29.8 Å². The van der Waals surface area contributed by atoms with Crippen LogP contribution in [0.3, 0.4) is 0 Å². The van der Waals surface area contributed by atoms with Gasteiger partial charge >= 0.3 is 11.9 Å². The highest BCUT2D eigenvalue weighted by Gasteiger charge is 2.24. The van der Waals surface area contributed by atoms with E-state index in [4.69, 9.17) is 4.74 Å². The number of carbonyl (C=O) groups is 4. The number of carbonyl (C=O) groups excluding carboxylic acids is 4. The van der Waals surface area contributed by atoms with Crippen LogP contribution >= 0.6 is 0 Å². The molecular weight excluding hydrogens is 414 g/mol. The van der Waals surface area contributed by atoms with Crippen molar-refractivity contribution in [1.29, 1.82) is 0 Å². The Morgan fingerprint density at radius 1 is 1.06 bits per heavy atom. The molecule has 0 aliphatic carbocycles. The minimum absolute atomic E-state index is 0.200. The van der Waals surface area contributed by atoms with Crippen LogP contribution in [0.5, 0.6) is 0 Å². The van der Waals surface area contributed by atoms with E-state index in [1.807, 2.05) is 24.3 Å². The van der Waals surface area contributed by atoms with Crippen molar-refractivity contribution in [3.63, 3.8) is 0 Å². The third kappa shape index (κ3) is 5.72. The zero-order valence-electron chi connectivity index (χ0n) is 17.6. The van der Waals surface area contributed by atoms with Crippen LogP contribution in [-0.4, -0.2) is 48.5 Å². The molecule has 1 atom stereocenters. The van der Waals surface area contributed by atoms with Crippen LogP contribution in [0.2, 0.25) is 0 Å². The Morgan fingerprint density at radius 2 is 1.84 bits per heavy atom. The van der Waals surface area contributed by atoms with Gasteiger partial charge in [0, 0.05) is 36.1 Å². The van der Waals surface area contributed by atoms with Crippen LogP contribution in [0.4, 0.5) is 5.69 Å². The fourth-order valence-corrected chi connectivity index (χ4v) is 3.24. The van der Waals surface area contributed by atoms with Crippen molar-refractivity contribution in [2.24, 2.45) is 0 Å². The number of esters is 2. The summed E-state index contributed by atoms with van der Waals surface area (Å²) in [5.41, 5.74) is 2.37. The number of hydrogen-bond acceptors (Lipinski definition) is 6. The largest absolute Gasteiger partial charge is 0.465 e. The van der Waals surface area contributed by atoms with Gasteiger partial charge < -0.3 is 25.1 Å². The van der Waals surface area contributed by atoms with Crippen LogP contribution < -0.4 is 10.6 Å². The molecule has 0 spiro atoms.